The molecule has 0 saturated heterocycles. The molecule has 0 fully saturated rings. The predicted molar refractivity (Wildman–Crippen MR) is 132 cm³/mol. The first kappa shape index (κ1) is 21.5. The molecule has 1 aliphatic rings. The van der Waals surface area contributed by atoms with Gasteiger partial charge in [-0.2, -0.15) is 0 Å². The number of rotatable bonds is 5. The lowest BCUT2D eigenvalue weighted by Crippen LogP contribution is -2.29. The second-order valence-electron chi connectivity index (χ2n) is 7.54. The number of benzene rings is 3. The van der Waals surface area contributed by atoms with Gasteiger partial charge in [0.2, 0.25) is 5.76 Å². The Morgan fingerprint density at radius 2 is 1.88 bits per heavy atom. The zero-order valence-corrected chi connectivity index (χ0v) is 19.6. The first-order chi connectivity index (χ1) is 16.0. The number of ether oxygens (including phenoxy) is 1. The third-order valence-corrected chi connectivity index (χ3v) is 6.24. The van der Waals surface area contributed by atoms with E-state index in [-0.39, 0.29) is 22.7 Å². The number of carbonyl (C=O) groups is 1. The number of amides is 1. The van der Waals surface area contributed by atoms with E-state index in [4.69, 9.17) is 20.8 Å². The number of carbonyl (C=O) groups excluding carboxylic acids is 1. The van der Waals surface area contributed by atoms with Gasteiger partial charge in [0, 0.05) is 15.2 Å². The molecule has 0 N–H and O–H groups in total. The van der Waals surface area contributed by atoms with Gasteiger partial charge in [0.05, 0.1) is 17.0 Å². The number of nitrogens with zero attached hydrogens (tertiary/aromatic N) is 1. The second-order valence-corrected chi connectivity index (χ2v) is 8.89. The monoisotopic (exact) mass is 521 g/mol. The average molecular weight is 523 g/mol. The van der Waals surface area contributed by atoms with E-state index in [1.165, 1.54) is 0 Å². The molecule has 0 radical (unpaired) electrons. The van der Waals surface area contributed by atoms with Gasteiger partial charge in [-0.25, -0.2) is 0 Å². The molecule has 1 aliphatic heterocycles. The molecule has 1 aromatic heterocycles. The summed E-state index contributed by atoms with van der Waals surface area (Å²) in [6.07, 6.45) is 1.65. The molecule has 1 atom stereocenters. The van der Waals surface area contributed by atoms with Crippen molar-refractivity contribution in [3.8, 4) is 5.75 Å². The first-order valence-corrected chi connectivity index (χ1v) is 11.3. The van der Waals surface area contributed by atoms with Crippen LogP contribution >= 0.6 is 27.5 Å². The van der Waals surface area contributed by atoms with Crippen molar-refractivity contribution in [3.05, 3.63) is 116 Å². The first-order valence-electron chi connectivity index (χ1n) is 10.2. The van der Waals surface area contributed by atoms with Gasteiger partial charge >= 0.3 is 0 Å². The highest BCUT2D eigenvalue weighted by Gasteiger charge is 2.43. The molecule has 1 unspecified atom stereocenters. The minimum atomic E-state index is -0.694. The van der Waals surface area contributed by atoms with E-state index in [1.807, 2.05) is 48.5 Å². The Morgan fingerprint density at radius 3 is 2.64 bits per heavy atom. The van der Waals surface area contributed by atoms with Crippen LogP contribution in [0, 0.1) is 0 Å². The van der Waals surface area contributed by atoms with Crippen LogP contribution < -0.4 is 15.1 Å². The summed E-state index contributed by atoms with van der Waals surface area (Å²) in [6.45, 7) is 4.01. The molecule has 0 aliphatic carbocycles. The Morgan fingerprint density at radius 1 is 1.09 bits per heavy atom. The van der Waals surface area contributed by atoms with Crippen LogP contribution in [0.3, 0.4) is 0 Å². The molecule has 5 rings (SSSR count). The van der Waals surface area contributed by atoms with Gasteiger partial charge in [-0.3, -0.25) is 14.5 Å². The lowest BCUT2D eigenvalue weighted by molar-refractivity contribution is 0.0971. The highest BCUT2D eigenvalue weighted by Crippen LogP contribution is 2.42. The van der Waals surface area contributed by atoms with Crippen LogP contribution in [0.1, 0.15) is 27.7 Å². The smallest absolute Gasteiger partial charge is 0.295 e. The number of hydrogen-bond acceptors (Lipinski definition) is 4. The van der Waals surface area contributed by atoms with E-state index in [0.29, 0.717) is 34.0 Å². The molecule has 0 spiro atoms. The molecule has 1 amide bonds. The van der Waals surface area contributed by atoms with Gasteiger partial charge in [0.15, 0.2) is 5.43 Å². The maximum atomic E-state index is 13.6. The van der Waals surface area contributed by atoms with Crippen molar-refractivity contribution in [2.75, 3.05) is 11.5 Å². The Balaban J connectivity index is 1.76. The van der Waals surface area contributed by atoms with Crippen LogP contribution in [0.15, 0.2) is 93.1 Å². The largest absolute Gasteiger partial charge is 0.490 e. The quantitative estimate of drug-likeness (QED) is 0.280. The van der Waals surface area contributed by atoms with Gasteiger partial charge < -0.3 is 9.15 Å². The minimum absolute atomic E-state index is 0.0279. The summed E-state index contributed by atoms with van der Waals surface area (Å²) >= 11 is 9.58. The van der Waals surface area contributed by atoms with Crippen LogP contribution in [-0.2, 0) is 0 Å². The summed E-state index contributed by atoms with van der Waals surface area (Å²) in [5, 5.41) is 0.746. The molecule has 4 aromatic rings. The standard InChI is InChI=1S/C26H17BrClNO4/c1-2-12-32-19-5-3-4-15(13-19)23-22-24(30)20-14-17(28)8-11-21(20)33-25(22)26(31)29(23)18-9-6-16(27)7-10-18/h2-11,13-14,23H,1,12H2. The highest BCUT2D eigenvalue weighted by atomic mass is 79.9. The number of hydrogen-bond donors (Lipinski definition) is 0. The molecule has 0 bridgehead atoms. The lowest BCUT2D eigenvalue weighted by atomic mass is 9.98. The summed E-state index contributed by atoms with van der Waals surface area (Å²) < 4.78 is 12.5. The third-order valence-electron chi connectivity index (χ3n) is 5.48. The number of fused-ring (bicyclic) bond motifs is 2. The van der Waals surface area contributed by atoms with Crippen molar-refractivity contribution in [3.63, 3.8) is 0 Å². The Labute approximate surface area is 203 Å². The maximum Gasteiger partial charge on any atom is 0.295 e. The summed E-state index contributed by atoms with van der Waals surface area (Å²) in [5.74, 6) is 0.251. The van der Waals surface area contributed by atoms with Gasteiger partial charge in [0.1, 0.15) is 17.9 Å². The van der Waals surface area contributed by atoms with Crippen molar-refractivity contribution < 1.29 is 13.9 Å². The molecule has 33 heavy (non-hydrogen) atoms. The van der Waals surface area contributed by atoms with Crippen molar-refractivity contribution in [1.29, 1.82) is 0 Å². The zero-order chi connectivity index (χ0) is 23.1. The van der Waals surface area contributed by atoms with Crippen LogP contribution in [0.5, 0.6) is 5.75 Å². The van der Waals surface area contributed by atoms with Gasteiger partial charge in [-0.15, -0.1) is 0 Å². The molecule has 0 saturated carbocycles. The normalized spacial score (nSPS) is 15.0. The SMILES string of the molecule is C=CCOc1cccc(C2c3c(oc4ccc(Cl)cc4c3=O)C(=O)N2c2ccc(Br)cc2)c1. The maximum absolute atomic E-state index is 13.6. The molecule has 5 nitrogen and oxygen atoms in total. The van der Waals surface area contributed by atoms with Crippen LogP contribution in [0.4, 0.5) is 5.69 Å². The molecule has 3 aromatic carbocycles. The van der Waals surface area contributed by atoms with E-state index in [1.54, 1.807) is 29.2 Å². The summed E-state index contributed by atoms with van der Waals surface area (Å²) in [7, 11) is 0. The molecule has 164 valence electrons. The van der Waals surface area contributed by atoms with E-state index < -0.39 is 6.04 Å². The Hall–Kier alpha value is -3.35. The van der Waals surface area contributed by atoms with Crippen molar-refractivity contribution in [2.24, 2.45) is 0 Å². The Bertz CT molecular complexity index is 1460. The molecule has 7 heteroatoms. The van der Waals surface area contributed by atoms with Crippen molar-refractivity contribution >= 4 is 50.1 Å². The van der Waals surface area contributed by atoms with Crippen LogP contribution in [0.25, 0.3) is 11.0 Å². The minimum Gasteiger partial charge on any atom is -0.490 e. The van der Waals surface area contributed by atoms with E-state index >= 15 is 0 Å². The van der Waals surface area contributed by atoms with E-state index in [2.05, 4.69) is 22.5 Å². The summed E-state index contributed by atoms with van der Waals surface area (Å²) in [4.78, 5) is 28.8. The lowest BCUT2D eigenvalue weighted by Gasteiger charge is -2.25. The average Bonchev–Trinajstić information content (AvgIpc) is 3.11. The van der Waals surface area contributed by atoms with Gasteiger partial charge in [0.25, 0.3) is 5.91 Å². The summed E-state index contributed by atoms with van der Waals surface area (Å²) in [5.41, 5.74) is 1.66. The van der Waals surface area contributed by atoms with Crippen molar-refractivity contribution in [2.45, 2.75) is 6.04 Å². The number of anilines is 1. The third kappa shape index (κ3) is 3.75. The molecular weight excluding hydrogens is 506 g/mol. The number of halogens is 2. The van der Waals surface area contributed by atoms with Gasteiger partial charge in [-0.05, 0) is 60.2 Å². The van der Waals surface area contributed by atoms with E-state index in [9.17, 15) is 9.59 Å². The highest BCUT2D eigenvalue weighted by molar-refractivity contribution is 9.10. The van der Waals surface area contributed by atoms with Crippen LogP contribution in [0.2, 0.25) is 5.02 Å². The molecule has 2 heterocycles. The fraction of sp³-hybridized carbons (Fsp3) is 0.0769. The summed E-state index contributed by atoms with van der Waals surface area (Å²) in [6, 6.07) is 18.8. The van der Waals surface area contributed by atoms with E-state index in [0.717, 1.165) is 10.0 Å². The van der Waals surface area contributed by atoms with Crippen LogP contribution in [-0.4, -0.2) is 12.5 Å². The molecular formula is C26H17BrClNO4. The fourth-order valence-electron chi connectivity index (χ4n) is 4.06. The second kappa shape index (κ2) is 8.54. The topological polar surface area (TPSA) is 59.8 Å². The van der Waals surface area contributed by atoms with Gasteiger partial charge in [-0.1, -0.05) is 52.3 Å². The van der Waals surface area contributed by atoms with Crippen molar-refractivity contribution in [1.82, 2.24) is 0 Å². The Kier molecular flexibility index (Phi) is 5.56. The predicted octanol–water partition coefficient (Wildman–Crippen LogP) is 6.52. The zero-order valence-electron chi connectivity index (χ0n) is 17.3. The fourth-order valence-corrected chi connectivity index (χ4v) is 4.49.